The van der Waals surface area contributed by atoms with E-state index in [1.54, 1.807) is 35.1 Å². The van der Waals surface area contributed by atoms with Gasteiger partial charge in [0.05, 0.1) is 11.9 Å². The molecular weight excluding hydrogens is 366 g/mol. The van der Waals surface area contributed by atoms with Gasteiger partial charge in [0.1, 0.15) is 5.56 Å². The first-order valence-electron chi connectivity index (χ1n) is 9.07. The summed E-state index contributed by atoms with van der Waals surface area (Å²) in [5.41, 5.74) is 2.46. The van der Waals surface area contributed by atoms with Gasteiger partial charge in [-0.1, -0.05) is 24.3 Å². The molecule has 2 heterocycles. The second-order valence-electron chi connectivity index (χ2n) is 6.44. The fourth-order valence-electron chi connectivity index (χ4n) is 3.06. The second kappa shape index (κ2) is 7.85. The van der Waals surface area contributed by atoms with Crippen LogP contribution in [0, 0.1) is 0 Å². The van der Waals surface area contributed by atoms with Gasteiger partial charge in [-0.2, -0.15) is 5.10 Å². The third-order valence-corrected chi connectivity index (χ3v) is 4.28. The Morgan fingerprint density at radius 1 is 0.862 bits per heavy atom. The number of amides is 2. The van der Waals surface area contributed by atoms with E-state index in [2.05, 4.69) is 15.7 Å². The van der Waals surface area contributed by atoms with Crippen LogP contribution in [0.15, 0.2) is 85.3 Å². The van der Waals surface area contributed by atoms with Gasteiger partial charge < -0.3 is 15.2 Å². The zero-order chi connectivity index (χ0) is 20.2. The van der Waals surface area contributed by atoms with Crippen LogP contribution in [0.4, 0.5) is 11.4 Å². The Kier molecular flexibility index (Phi) is 4.94. The van der Waals surface area contributed by atoms with E-state index in [1.807, 2.05) is 59.4 Å². The molecule has 0 aliphatic carbocycles. The maximum Gasteiger partial charge on any atom is 0.261 e. The number of rotatable bonds is 5. The van der Waals surface area contributed by atoms with E-state index in [9.17, 15) is 9.59 Å². The summed E-state index contributed by atoms with van der Waals surface area (Å²) in [5.74, 6) is 0.167. The lowest BCUT2D eigenvalue weighted by Crippen LogP contribution is -2.15. The van der Waals surface area contributed by atoms with Crippen LogP contribution in [-0.2, 0) is 4.79 Å². The minimum absolute atomic E-state index is 0.174. The molecule has 2 aromatic heterocycles. The molecule has 0 saturated heterocycles. The van der Waals surface area contributed by atoms with Crippen molar-refractivity contribution < 1.29 is 9.59 Å². The largest absolute Gasteiger partial charge is 0.326 e. The van der Waals surface area contributed by atoms with Crippen LogP contribution in [0.1, 0.15) is 17.3 Å². The van der Waals surface area contributed by atoms with Gasteiger partial charge in [0.2, 0.25) is 5.91 Å². The van der Waals surface area contributed by atoms with Crippen LogP contribution in [-0.4, -0.2) is 26.2 Å². The number of carbonyl (C=O) groups excluding carboxylic acids is 2. The normalized spacial score (nSPS) is 10.5. The Labute approximate surface area is 167 Å². The van der Waals surface area contributed by atoms with E-state index in [-0.39, 0.29) is 11.8 Å². The summed E-state index contributed by atoms with van der Waals surface area (Å²) >= 11 is 0. The predicted octanol–water partition coefficient (Wildman–Crippen LogP) is 3.87. The van der Waals surface area contributed by atoms with Gasteiger partial charge in [0.15, 0.2) is 5.82 Å². The van der Waals surface area contributed by atoms with E-state index in [4.69, 9.17) is 0 Å². The molecule has 2 aromatic carbocycles. The number of para-hydroxylation sites is 1. The Morgan fingerprint density at radius 2 is 1.55 bits per heavy atom. The first kappa shape index (κ1) is 18.2. The standard InChI is InChI=1S/C22H19N5O2/c1-16(28)24-17-8-7-9-18(14-17)25-21(29)20-15-23-27(19-10-3-2-4-11-19)22(20)26-12-5-6-13-26/h2-15H,1H3,(H,24,28)(H,25,29). The van der Waals surface area contributed by atoms with Crippen LogP contribution in [0.2, 0.25) is 0 Å². The predicted molar refractivity (Wildman–Crippen MR) is 112 cm³/mol. The SMILES string of the molecule is CC(=O)Nc1cccc(NC(=O)c2cnn(-c3ccccc3)c2-n2cccc2)c1. The van der Waals surface area contributed by atoms with Crippen LogP contribution in [0.25, 0.3) is 11.5 Å². The minimum atomic E-state index is -0.296. The van der Waals surface area contributed by atoms with Crippen molar-refractivity contribution in [1.82, 2.24) is 14.3 Å². The lowest BCUT2D eigenvalue weighted by atomic mass is 10.2. The van der Waals surface area contributed by atoms with E-state index in [1.165, 1.54) is 6.92 Å². The lowest BCUT2D eigenvalue weighted by Gasteiger charge is -2.12. The lowest BCUT2D eigenvalue weighted by molar-refractivity contribution is -0.114. The van der Waals surface area contributed by atoms with E-state index in [0.717, 1.165) is 5.69 Å². The monoisotopic (exact) mass is 385 g/mol. The summed E-state index contributed by atoms with van der Waals surface area (Å²) in [6.45, 7) is 1.44. The molecule has 0 fully saturated rings. The maximum atomic E-state index is 13.0. The number of hydrogen-bond donors (Lipinski definition) is 2. The fourth-order valence-corrected chi connectivity index (χ4v) is 3.06. The van der Waals surface area contributed by atoms with Gasteiger partial charge in [-0.05, 0) is 42.5 Å². The van der Waals surface area contributed by atoms with Gasteiger partial charge in [0, 0.05) is 30.7 Å². The van der Waals surface area contributed by atoms with E-state index in [0.29, 0.717) is 22.8 Å². The molecule has 2 amide bonds. The van der Waals surface area contributed by atoms with Crippen molar-refractivity contribution in [3.63, 3.8) is 0 Å². The number of carbonyl (C=O) groups is 2. The number of hydrogen-bond acceptors (Lipinski definition) is 3. The summed E-state index contributed by atoms with van der Waals surface area (Å²) in [5, 5.41) is 10.0. The molecule has 0 spiro atoms. The quantitative estimate of drug-likeness (QED) is 0.547. The fraction of sp³-hybridized carbons (Fsp3) is 0.0455. The summed E-state index contributed by atoms with van der Waals surface area (Å²) in [7, 11) is 0. The van der Waals surface area contributed by atoms with Gasteiger partial charge in [0.25, 0.3) is 5.91 Å². The van der Waals surface area contributed by atoms with Gasteiger partial charge in [-0.25, -0.2) is 4.68 Å². The summed E-state index contributed by atoms with van der Waals surface area (Å²) in [6.07, 6.45) is 5.28. The molecule has 0 atom stereocenters. The molecule has 7 heteroatoms. The molecule has 4 aromatic rings. The van der Waals surface area contributed by atoms with Crippen LogP contribution < -0.4 is 10.6 Å². The zero-order valence-corrected chi connectivity index (χ0v) is 15.7. The molecule has 0 aliphatic rings. The van der Waals surface area contributed by atoms with Crippen molar-refractivity contribution in [2.24, 2.45) is 0 Å². The number of anilines is 2. The second-order valence-corrected chi connectivity index (χ2v) is 6.44. The Balaban J connectivity index is 1.69. The maximum absolute atomic E-state index is 13.0. The minimum Gasteiger partial charge on any atom is -0.326 e. The molecular formula is C22H19N5O2. The van der Waals surface area contributed by atoms with E-state index >= 15 is 0 Å². The van der Waals surface area contributed by atoms with Crippen molar-refractivity contribution in [2.45, 2.75) is 6.92 Å². The van der Waals surface area contributed by atoms with Crippen molar-refractivity contribution >= 4 is 23.2 Å². The highest BCUT2D eigenvalue weighted by atomic mass is 16.2. The summed E-state index contributed by atoms with van der Waals surface area (Å²) in [4.78, 5) is 24.3. The average molecular weight is 385 g/mol. The molecule has 4 rings (SSSR count). The smallest absolute Gasteiger partial charge is 0.261 e. The molecule has 144 valence electrons. The van der Waals surface area contributed by atoms with Gasteiger partial charge in [-0.3, -0.25) is 9.59 Å². The van der Waals surface area contributed by atoms with Crippen molar-refractivity contribution in [1.29, 1.82) is 0 Å². The summed E-state index contributed by atoms with van der Waals surface area (Å²) in [6, 6.07) is 20.4. The number of nitrogens with zero attached hydrogens (tertiary/aromatic N) is 3. The molecule has 0 radical (unpaired) electrons. The van der Waals surface area contributed by atoms with Gasteiger partial charge >= 0.3 is 0 Å². The Morgan fingerprint density at radius 3 is 2.24 bits per heavy atom. The van der Waals surface area contributed by atoms with E-state index < -0.39 is 0 Å². The third-order valence-electron chi connectivity index (χ3n) is 4.28. The molecule has 0 bridgehead atoms. The van der Waals surface area contributed by atoms with Gasteiger partial charge in [-0.15, -0.1) is 0 Å². The number of benzene rings is 2. The highest BCUT2D eigenvalue weighted by molar-refractivity contribution is 6.06. The number of nitrogens with one attached hydrogen (secondary N) is 2. The van der Waals surface area contributed by atoms with Crippen molar-refractivity contribution in [2.75, 3.05) is 10.6 Å². The molecule has 2 N–H and O–H groups in total. The Hall–Kier alpha value is -4.13. The molecule has 0 unspecified atom stereocenters. The van der Waals surface area contributed by atoms with Crippen molar-refractivity contribution in [3.8, 4) is 11.5 Å². The topological polar surface area (TPSA) is 81.0 Å². The average Bonchev–Trinajstić information content (AvgIpc) is 3.38. The molecule has 0 aliphatic heterocycles. The highest BCUT2D eigenvalue weighted by Gasteiger charge is 2.20. The molecule has 0 saturated carbocycles. The Bertz CT molecular complexity index is 1150. The number of aromatic nitrogens is 3. The van der Waals surface area contributed by atoms with Crippen LogP contribution in [0.5, 0.6) is 0 Å². The third kappa shape index (κ3) is 3.93. The van der Waals surface area contributed by atoms with Crippen LogP contribution >= 0.6 is 0 Å². The highest BCUT2D eigenvalue weighted by Crippen LogP contribution is 2.22. The van der Waals surface area contributed by atoms with Crippen molar-refractivity contribution in [3.05, 3.63) is 90.9 Å². The summed E-state index contributed by atoms with van der Waals surface area (Å²) < 4.78 is 3.57. The van der Waals surface area contributed by atoms with Crippen LogP contribution in [0.3, 0.4) is 0 Å². The molecule has 29 heavy (non-hydrogen) atoms. The first-order chi connectivity index (χ1) is 14.1. The first-order valence-corrected chi connectivity index (χ1v) is 9.07. The molecule has 7 nitrogen and oxygen atoms in total. The zero-order valence-electron chi connectivity index (χ0n) is 15.7.